The summed E-state index contributed by atoms with van der Waals surface area (Å²) in [5, 5.41) is 20.8. The van der Waals surface area contributed by atoms with E-state index in [1.807, 2.05) is 54.6 Å². The Morgan fingerprint density at radius 3 is 2.58 bits per heavy atom. The molecule has 31 heavy (non-hydrogen) atoms. The first-order chi connectivity index (χ1) is 15.2. The molecule has 0 bridgehead atoms. The summed E-state index contributed by atoms with van der Waals surface area (Å²) in [6.45, 7) is 0.0483. The van der Waals surface area contributed by atoms with Crippen LogP contribution in [0.4, 0.5) is 0 Å². The normalized spacial score (nSPS) is 14.0. The second-order valence-corrected chi connectivity index (χ2v) is 7.37. The molecule has 3 aromatic rings. The van der Waals surface area contributed by atoms with Crippen molar-refractivity contribution in [3.8, 4) is 23.3 Å². The molecule has 0 atom stereocenters. The molecule has 0 spiro atoms. The van der Waals surface area contributed by atoms with Crippen LogP contribution in [0.25, 0.3) is 16.3 Å². The summed E-state index contributed by atoms with van der Waals surface area (Å²) in [7, 11) is 1.61. The zero-order chi connectivity index (χ0) is 21.5. The van der Waals surface area contributed by atoms with Crippen LogP contribution in [0.2, 0.25) is 0 Å². The van der Waals surface area contributed by atoms with Crippen molar-refractivity contribution in [1.82, 2.24) is 0 Å². The summed E-state index contributed by atoms with van der Waals surface area (Å²) in [5.41, 5.74) is 3.77. The molecule has 1 N–H and O–H groups in total. The number of rotatable bonds is 6. The van der Waals surface area contributed by atoms with Crippen LogP contribution >= 0.6 is 0 Å². The monoisotopic (exact) mass is 410 g/mol. The zero-order valence-corrected chi connectivity index (χ0v) is 16.8. The Morgan fingerprint density at radius 2 is 1.87 bits per heavy atom. The van der Waals surface area contributed by atoms with Crippen molar-refractivity contribution in [3.05, 3.63) is 70.8 Å². The van der Waals surface area contributed by atoms with Gasteiger partial charge in [-0.3, -0.25) is 4.79 Å². The maximum absolute atomic E-state index is 12.2. The number of aliphatic imine (C=N–C) groups is 1. The number of hydrogen-bond donors (Lipinski definition) is 1. The standard InChI is InChI=1S/C25H18N2O4/c1-30-15-7-9-16(10-8-15)31-24-14(4-3-11-28)12-19-21-17(5-2-6-18(21)24)23-22(19)20(13-26)25(29)27-23/h2,5-10,12,28H,3-4,11H2,1H3. The lowest BCUT2D eigenvalue weighted by Crippen LogP contribution is -1.99. The molecule has 1 heterocycles. The van der Waals surface area contributed by atoms with Gasteiger partial charge in [0.05, 0.1) is 12.8 Å². The van der Waals surface area contributed by atoms with Gasteiger partial charge in [-0.05, 0) is 54.3 Å². The van der Waals surface area contributed by atoms with Crippen LogP contribution in [0.15, 0.2) is 59.1 Å². The van der Waals surface area contributed by atoms with Crippen molar-refractivity contribution in [1.29, 1.82) is 5.26 Å². The number of fused-ring (bicyclic) bond motifs is 3. The molecule has 0 aromatic heterocycles. The highest BCUT2D eigenvalue weighted by atomic mass is 16.5. The van der Waals surface area contributed by atoms with E-state index in [2.05, 4.69) is 4.99 Å². The molecule has 0 fully saturated rings. The fraction of sp³-hybridized carbons (Fsp3) is 0.160. The molecule has 1 aliphatic heterocycles. The van der Waals surface area contributed by atoms with Crippen molar-refractivity contribution in [3.63, 3.8) is 0 Å². The first-order valence-electron chi connectivity index (χ1n) is 9.96. The molecule has 0 saturated carbocycles. The molecule has 0 radical (unpaired) electrons. The average molecular weight is 410 g/mol. The lowest BCUT2D eigenvalue weighted by molar-refractivity contribution is -0.113. The molecule has 6 nitrogen and oxygen atoms in total. The molecule has 1 aliphatic carbocycles. The maximum atomic E-state index is 12.2. The number of aliphatic hydroxyl groups is 1. The molecule has 2 aliphatic rings. The SMILES string of the molecule is COc1ccc(Oc2c(CCCO)cc3c4c(cccc24)C2=NC(=O)C(C#N)=C23)cc1. The van der Waals surface area contributed by atoms with Crippen LogP contribution in [0.1, 0.15) is 23.1 Å². The molecule has 3 aromatic carbocycles. The summed E-state index contributed by atoms with van der Waals surface area (Å²) in [6.07, 6.45) is 1.15. The zero-order valence-electron chi connectivity index (χ0n) is 16.8. The number of ether oxygens (including phenoxy) is 2. The van der Waals surface area contributed by atoms with Gasteiger partial charge in [-0.25, -0.2) is 4.99 Å². The highest BCUT2D eigenvalue weighted by Gasteiger charge is 2.37. The summed E-state index contributed by atoms with van der Waals surface area (Å²) < 4.78 is 11.6. The maximum Gasteiger partial charge on any atom is 0.288 e. The predicted octanol–water partition coefficient (Wildman–Crippen LogP) is 4.19. The molecule has 0 saturated heterocycles. The van der Waals surface area contributed by atoms with E-state index in [1.54, 1.807) is 7.11 Å². The molecule has 5 rings (SSSR count). The van der Waals surface area contributed by atoms with Gasteiger partial charge in [0.2, 0.25) is 0 Å². The molecular formula is C25H18N2O4. The minimum Gasteiger partial charge on any atom is -0.497 e. The van der Waals surface area contributed by atoms with Crippen molar-refractivity contribution < 1.29 is 19.4 Å². The van der Waals surface area contributed by atoms with E-state index in [1.165, 1.54) is 0 Å². The third-order valence-corrected chi connectivity index (χ3v) is 5.62. The van der Waals surface area contributed by atoms with Gasteiger partial charge < -0.3 is 14.6 Å². The van der Waals surface area contributed by atoms with E-state index >= 15 is 0 Å². The van der Waals surface area contributed by atoms with Crippen molar-refractivity contribution in [2.75, 3.05) is 13.7 Å². The Hall–Kier alpha value is -3.95. The number of hydrogen-bond acceptors (Lipinski definition) is 5. The minimum absolute atomic E-state index is 0.0483. The number of carbonyl (C=O) groups is 1. The Balaban J connectivity index is 1.74. The van der Waals surface area contributed by atoms with Crippen LogP contribution in [-0.2, 0) is 11.2 Å². The van der Waals surface area contributed by atoms with Gasteiger partial charge >= 0.3 is 0 Å². The lowest BCUT2D eigenvalue weighted by atomic mass is 9.95. The van der Waals surface area contributed by atoms with Gasteiger partial charge in [-0.15, -0.1) is 0 Å². The fourth-order valence-corrected chi connectivity index (χ4v) is 4.25. The molecule has 152 valence electrons. The number of methoxy groups -OCH3 is 1. The first-order valence-corrected chi connectivity index (χ1v) is 9.96. The Labute approximate surface area is 178 Å². The number of amides is 1. The van der Waals surface area contributed by atoms with Crippen molar-refractivity contribution in [2.24, 2.45) is 4.99 Å². The quantitative estimate of drug-likeness (QED) is 0.658. The lowest BCUT2D eigenvalue weighted by Gasteiger charge is -2.16. The molecule has 0 unspecified atom stereocenters. The third kappa shape index (κ3) is 2.90. The highest BCUT2D eigenvalue weighted by Crippen LogP contribution is 2.47. The van der Waals surface area contributed by atoms with E-state index < -0.39 is 5.91 Å². The minimum atomic E-state index is -0.495. The highest BCUT2D eigenvalue weighted by molar-refractivity contribution is 6.50. The van der Waals surface area contributed by atoms with Gasteiger partial charge in [-0.1, -0.05) is 18.2 Å². The Morgan fingerprint density at radius 1 is 1.10 bits per heavy atom. The van der Waals surface area contributed by atoms with Crippen LogP contribution < -0.4 is 9.47 Å². The topological polar surface area (TPSA) is 91.9 Å². The van der Waals surface area contributed by atoms with E-state index in [0.717, 1.165) is 33.2 Å². The second-order valence-electron chi connectivity index (χ2n) is 7.37. The van der Waals surface area contributed by atoms with Gasteiger partial charge in [0.15, 0.2) is 0 Å². The van der Waals surface area contributed by atoms with Crippen LogP contribution in [0.3, 0.4) is 0 Å². The second kappa shape index (κ2) is 7.38. The fourth-order valence-electron chi connectivity index (χ4n) is 4.25. The average Bonchev–Trinajstić information content (AvgIpc) is 3.28. The van der Waals surface area contributed by atoms with Crippen LogP contribution in [0.5, 0.6) is 17.2 Å². The van der Waals surface area contributed by atoms with Gasteiger partial charge in [-0.2, -0.15) is 5.26 Å². The summed E-state index contributed by atoms with van der Waals surface area (Å²) in [4.78, 5) is 16.4. The van der Waals surface area contributed by atoms with E-state index in [4.69, 9.17) is 9.47 Å². The Bertz CT molecular complexity index is 1340. The van der Waals surface area contributed by atoms with E-state index in [9.17, 15) is 15.2 Å². The number of nitrogens with zero attached hydrogens (tertiary/aromatic N) is 2. The predicted molar refractivity (Wildman–Crippen MR) is 116 cm³/mol. The molecular weight excluding hydrogens is 392 g/mol. The molecule has 6 heteroatoms. The number of benzene rings is 3. The van der Waals surface area contributed by atoms with Gasteiger partial charge in [0.1, 0.15) is 28.9 Å². The van der Waals surface area contributed by atoms with Crippen molar-refractivity contribution >= 4 is 28.0 Å². The van der Waals surface area contributed by atoms with E-state index in [-0.39, 0.29) is 12.2 Å². The van der Waals surface area contributed by atoms with E-state index in [0.29, 0.717) is 35.6 Å². The number of allylic oxidation sites excluding steroid dienone is 1. The van der Waals surface area contributed by atoms with Gasteiger partial charge in [0, 0.05) is 28.5 Å². The van der Waals surface area contributed by atoms with Crippen LogP contribution in [-0.4, -0.2) is 30.4 Å². The largest absolute Gasteiger partial charge is 0.497 e. The number of aliphatic hydroxyl groups excluding tert-OH is 1. The van der Waals surface area contributed by atoms with Crippen LogP contribution in [0, 0.1) is 11.3 Å². The number of nitriles is 1. The summed E-state index contributed by atoms with van der Waals surface area (Å²) >= 11 is 0. The third-order valence-electron chi connectivity index (χ3n) is 5.62. The summed E-state index contributed by atoms with van der Waals surface area (Å²) in [5.74, 6) is 1.60. The first kappa shape index (κ1) is 19.0. The smallest absolute Gasteiger partial charge is 0.288 e. The molecule has 1 amide bonds. The van der Waals surface area contributed by atoms with Crippen molar-refractivity contribution in [2.45, 2.75) is 12.8 Å². The summed E-state index contributed by atoms with van der Waals surface area (Å²) in [6, 6.07) is 17.1. The Kier molecular flexibility index (Phi) is 4.54. The number of carbonyl (C=O) groups excluding carboxylic acids is 1. The number of aryl methyl sites for hydroxylation is 1. The van der Waals surface area contributed by atoms with Gasteiger partial charge in [0.25, 0.3) is 5.91 Å².